The van der Waals surface area contributed by atoms with Gasteiger partial charge in [-0.25, -0.2) is 4.98 Å². The molecule has 0 fully saturated rings. The third kappa shape index (κ3) is 3.67. The Morgan fingerprint density at radius 2 is 2.57 bits per heavy atom. The maximum Gasteiger partial charge on any atom is 0.113 e. The van der Waals surface area contributed by atoms with Gasteiger partial charge in [0.2, 0.25) is 0 Å². The lowest BCUT2D eigenvalue weighted by Gasteiger charge is -2.09. The van der Waals surface area contributed by atoms with E-state index >= 15 is 0 Å². The van der Waals surface area contributed by atoms with E-state index in [-0.39, 0.29) is 6.04 Å². The lowest BCUT2D eigenvalue weighted by molar-refractivity contribution is 0.562. The van der Waals surface area contributed by atoms with Crippen molar-refractivity contribution in [2.45, 2.75) is 32.4 Å². The van der Waals surface area contributed by atoms with E-state index < -0.39 is 0 Å². The van der Waals surface area contributed by atoms with E-state index in [0.29, 0.717) is 6.54 Å². The lowest BCUT2D eigenvalue weighted by Crippen LogP contribution is -2.26. The van der Waals surface area contributed by atoms with E-state index in [0.717, 1.165) is 22.2 Å². The van der Waals surface area contributed by atoms with Gasteiger partial charge in [0.25, 0.3) is 0 Å². The van der Waals surface area contributed by atoms with Crippen LogP contribution in [0.2, 0.25) is 4.34 Å². The number of hydrogen-bond acceptors (Lipinski definition) is 3. The van der Waals surface area contributed by atoms with Crippen molar-refractivity contribution in [3.63, 3.8) is 0 Å². The molecule has 0 bridgehead atoms. The number of rotatable bonds is 5. The summed E-state index contributed by atoms with van der Waals surface area (Å²) in [5, 5.41) is 4.23. The predicted octanol–water partition coefficient (Wildman–Crippen LogP) is 2.69. The molecule has 0 aliphatic heterocycles. The fraction of sp³-hybridized carbons (Fsp3) is 0.500. The van der Waals surface area contributed by atoms with Gasteiger partial charge in [-0.05, 0) is 6.42 Å². The van der Waals surface area contributed by atoms with Crippen molar-refractivity contribution in [2.75, 3.05) is 0 Å². The molecule has 0 saturated carbocycles. The van der Waals surface area contributed by atoms with Crippen LogP contribution < -0.4 is 5.32 Å². The van der Waals surface area contributed by atoms with E-state index in [2.05, 4.69) is 23.1 Å². The van der Waals surface area contributed by atoms with Crippen molar-refractivity contribution in [2.24, 2.45) is 0 Å². The van der Waals surface area contributed by atoms with Gasteiger partial charge in [0.15, 0.2) is 0 Å². The Morgan fingerprint density at radius 1 is 1.79 bits per heavy atom. The highest BCUT2D eigenvalue weighted by molar-refractivity contribution is 7.15. The van der Waals surface area contributed by atoms with E-state index in [9.17, 15) is 0 Å². The second-order valence-electron chi connectivity index (χ2n) is 2.95. The van der Waals surface area contributed by atoms with Crippen LogP contribution in [-0.2, 0) is 6.54 Å². The molecule has 1 atom stereocenters. The van der Waals surface area contributed by atoms with Gasteiger partial charge in [-0.2, -0.15) is 0 Å². The van der Waals surface area contributed by atoms with Crippen LogP contribution in [0.4, 0.5) is 0 Å². The van der Waals surface area contributed by atoms with Gasteiger partial charge in [-0.3, -0.25) is 5.32 Å². The van der Waals surface area contributed by atoms with Crippen molar-refractivity contribution < 1.29 is 0 Å². The van der Waals surface area contributed by atoms with Gasteiger partial charge in [-0.15, -0.1) is 17.8 Å². The minimum Gasteiger partial charge on any atom is -0.297 e. The number of aromatic nitrogens is 1. The molecular formula is C10H13ClN2S. The largest absolute Gasteiger partial charge is 0.297 e. The average molecular weight is 229 g/mol. The standard InChI is InChI=1S/C10H13ClN2S/c1-3-5-8(4-2)12-7-10-13-6-9(11)14-10/h2,6,8,12H,3,5,7H2,1H3. The quantitative estimate of drug-likeness (QED) is 0.784. The summed E-state index contributed by atoms with van der Waals surface area (Å²) >= 11 is 7.24. The molecule has 0 amide bonds. The Hall–Kier alpha value is -0.560. The molecule has 0 saturated heterocycles. The normalized spacial score (nSPS) is 12.4. The molecule has 1 rings (SSSR count). The number of nitrogens with zero attached hydrogens (tertiary/aromatic N) is 1. The van der Waals surface area contributed by atoms with E-state index in [4.69, 9.17) is 18.0 Å². The monoisotopic (exact) mass is 228 g/mol. The second kappa shape index (κ2) is 6.02. The summed E-state index contributed by atoms with van der Waals surface area (Å²) in [6.07, 6.45) is 9.11. The molecule has 1 heterocycles. The zero-order valence-corrected chi connectivity index (χ0v) is 9.66. The maximum absolute atomic E-state index is 5.76. The van der Waals surface area contributed by atoms with Gasteiger partial charge < -0.3 is 0 Å². The van der Waals surface area contributed by atoms with Crippen LogP contribution in [0.1, 0.15) is 24.8 Å². The van der Waals surface area contributed by atoms with Gasteiger partial charge in [0.05, 0.1) is 12.2 Å². The molecule has 0 aliphatic carbocycles. The first-order chi connectivity index (χ1) is 6.76. The molecule has 0 aliphatic rings. The van der Waals surface area contributed by atoms with Gasteiger partial charge in [-0.1, -0.05) is 30.9 Å². The summed E-state index contributed by atoms with van der Waals surface area (Å²) in [5.41, 5.74) is 0. The zero-order valence-electron chi connectivity index (χ0n) is 8.09. The minimum absolute atomic E-state index is 0.141. The Bertz CT molecular complexity index is 316. The Kier molecular flexibility index (Phi) is 4.95. The molecule has 1 aromatic heterocycles. The van der Waals surface area contributed by atoms with E-state index in [1.807, 2.05) is 0 Å². The summed E-state index contributed by atoms with van der Waals surface area (Å²) in [5.74, 6) is 2.71. The fourth-order valence-electron chi connectivity index (χ4n) is 1.11. The molecule has 76 valence electrons. The highest BCUT2D eigenvalue weighted by Gasteiger charge is 2.04. The molecule has 1 N–H and O–H groups in total. The third-order valence-corrected chi connectivity index (χ3v) is 2.92. The third-order valence-electron chi connectivity index (χ3n) is 1.80. The smallest absolute Gasteiger partial charge is 0.113 e. The fourth-order valence-corrected chi connectivity index (χ4v) is 2.02. The summed E-state index contributed by atoms with van der Waals surface area (Å²) in [6.45, 7) is 2.82. The maximum atomic E-state index is 5.76. The molecule has 1 aromatic rings. The number of thiazole rings is 1. The number of halogens is 1. The summed E-state index contributed by atoms with van der Waals surface area (Å²) in [6, 6.07) is 0.141. The highest BCUT2D eigenvalue weighted by atomic mass is 35.5. The van der Waals surface area contributed by atoms with Crippen LogP contribution in [-0.4, -0.2) is 11.0 Å². The predicted molar refractivity (Wildman–Crippen MR) is 61.5 cm³/mol. The number of nitrogens with one attached hydrogen (secondary N) is 1. The van der Waals surface area contributed by atoms with Gasteiger partial charge in [0, 0.05) is 6.54 Å². The Balaban J connectivity index is 2.36. The van der Waals surface area contributed by atoms with Crippen molar-refractivity contribution >= 4 is 22.9 Å². The van der Waals surface area contributed by atoms with E-state index in [1.165, 1.54) is 11.3 Å². The first-order valence-corrected chi connectivity index (χ1v) is 5.75. The summed E-state index contributed by atoms with van der Waals surface area (Å²) < 4.78 is 0.717. The van der Waals surface area contributed by atoms with E-state index in [1.54, 1.807) is 6.20 Å². The highest BCUT2D eigenvalue weighted by Crippen LogP contribution is 2.17. The molecule has 4 heteroatoms. The number of terminal acetylenes is 1. The van der Waals surface area contributed by atoms with Crippen LogP contribution >= 0.6 is 22.9 Å². The average Bonchev–Trinajstić information content (AvgIpc) is 2.59. The van der Waals surface area contributed by atoms with Crippen LogP contribution in [0, 0.1) is 12.3 Å². The zero-order chi connectivity index (χ0) is 10.4. The molecule has 2 nitrogen and oxygen atoms in total. The van der Waals surface area contributed by atoms with Crippen molar-refractivity contribution in [3.8, 4) is 12.3 Å². The van der Waals surface area contributed by atoms with Crippen molar-refractivity contribution in [3.05, 3.63) is 15.5 Å². The molecule has 14 heavy (non-hydrogen) atoms. The van der Waals surface area contributed by atoms with Crippen LogP contribution in [0.3, 0.4) is 0 Å². The summed E-state index contributed by atoms with van der Waals surface area (Å²) in [7, 11) is 0. The first kappa shape index (κ1) is 11.5. The van der Waals surface area contributed by atoms with Crippen LogP contribution in [0.5, 0.6) is 0 Å². The topological polar surface area (TPSA) is 24.9 Å². The molecule has 1 unspecified atom stereocenters. The Labute approximate surface area is 93.7 Å². The lowest BCUT2D eigenvalue weighted by atomic mass is 10.2. The molecule has 0 radical (unpaired) electrons. The SMILES string of the molecule is C#CC(CCC)NCc1ncc(Cl)s1. The summed E-state index contributed by atoms with van der Waals surface area (Å²) in [4.78, 5) is 4.14. The van der Waals surface area contributed by atoms with Crippen LogP contribution in [0.25, 0.3) is 0 Å². The van der Waals surface area contributed by atoms with Crippen LogP contribution in [0.15, 0.2) is 6.20 Å². The number of hydrogen-bond donors (Lipinski definition) is 1. The van der Waals surface area contributed by atoms with Gasteiger partial charge >= 0.3 is 0 Å². The molecule has 0 spiro atoms. The van der Waals surface area contributed by atoms with Gasteiger partial charge in [0.1, 0.15) is 9.34 Å². The van der Waals surface area contributed by atoms with Crippen molar-refractivity contribution in [1.29, 1.82) is 0 Å². The minimum atomic E-state index is 0.141. The Morgan fingerprint density at radius 3 is 3.07 bits per heavy atom. The molecule has 0 aromatic carbocycles. The molecular weight excluding hydrogens is 216 g/mol. The second-order valence-corrected chi connectivity index (χ2v) is 4.69. The van der Waals surface area contributed by atoms with Crippen molar-refractivity contribution in [1.82, 2.24) is 10.3 Å². The first-order valence-electron chi connectivity index (χ1n) is 4.56.